The number of para-hydroxylation sites is 6. The first kappa shape index (κ1) is 30.0. The molecule has 0 unspecified atom stereocenters. The summed E-state index contributed by atoms with van der Waals surface area (Å²) in [5.74, 6) is 0.895. The zero-order valence-corrected chi connectivity index (χ0v) is 29.4. The highest BCUT2D eigenvalue weighted by Crippen LogP contribution is 2.46. The van der Waals surface area contributed by atoms with Gasteiger partial charge >= 0.3 is 0 Å². The largest absolute Gasteiger partial charge is 0.456 e. The fraction of sp³-hybridized carbons (Fsp3) is 0. The van der Waals surface area contributed by atoms with Crippen LogP contribution in [0.3, 0.4) is 0 Å². The second-order valence-corrected chi connectivity index (χ2v) is 14.1. The first-order valence-corrected chi connectivity index (χ1v) is 18.5. The van der Waals surface area contributed by atoms with E-state index in [9.17, 15) is 0 Å². The summed E-state index contributed by atoms with van der Waals surface area (Å²) >= 11 is 0. The molecule has 0 aliphatic heterocycles. The van der Waals surface area contributed by atoms with Gasteiger partial charge in [0.05, 0.1) is 22.2 Å². The van der Waals surface area contributed by atoms with E-state index < -0.39 is 0 Å². The molecular formula is C50H29N3O2. The highest BCUT2D eigenvalue weighted by Gasteiger charge is 2.22. The van der Waals surface area contributed by atoms with Crippen molar-refractivity contribution in [3.8, 4) is 39.5 Å². The minimum absolute atomic E-state index is 0.855. The number of furan rings is 2. The Morgan fingerprint density at radius 1 is 0.400 bits per heavy atom. The molecule has 5 heteroatoms. The molecule has 55 heavy (non-hydrogen) atoms. The van der Waals surface area contributed by atoms with Crippen LogP contribution in [-0.4, -0.2) is 14.5 Å². The van der Waals surface area contributed by atoms with E-state index in [1.807, 2.05) is 30.3 Å². The molecule has 0 amide bonds. The molecule has 4 aromatic heterocycles. The van der Waals surface area contributed by atoms with Gasteiger partial charge in [0.2, 0.25) is 0 Å². The average Bonchev–Trinajstić information content (AvgIpc) is 3.95. The molecule has 0 atom stereocenters. The Morgan fingerprint density at radius 3 is 1.87 bits per heavy atom. The standard InChI is InChI=1S/C50H29N3O2/c1-2-12-33(13-3-1)53-42-19-9-8-18-41(42)52-50(53)31-24-22-30(23-25-31)37-29-39-46(47-36-16-6-11-21-44(36)55-49(37)47)35-15-4-7-17-40(35)51-48(39)32-26-27-45-38(28-32)34-14-5-10-20-43(34)54-45/h1-29H. The topological polar surface area (TPSA) is 57.0 Å². The first-order chi connectivity index (χ1) is 27.3. The molecule has 5 nitrogen and oxygen atoms in total. The minimum Gasteiger partial charge on any atom is -0.456 e. The van der Waals surface area contributed by atoms with E-state index in [4.69, 9.17) is 18.8 Å². The van der Waals surface area contributed by atoms with Gasteiger partial charge in [-0.1, -0.05) is 109 Å². The van der Waals surface area contributed by atoms with Crippen molar-refractivity contribution in [3.63, 3.8) is 0 Å². The molecule has 0 aliphatic carbocycles. The van der Waals surface area contributed by atoms with Gasteiger partial charge in [-0.25, -0.2) is 9.97 Å². The molecule has 12 rings (SSSR count). The predicted octanol–water partition coefficient (Wildman–Crippen LogP) is 13.5. The lowest BCUT2D eigenvalue weighted by Gasteiger charge is -2.14. The van der Waals surface area contributed by atoms with Crippen LogP contribution in [0.5, 0.6) is 0 Å². The number of aromatic nitrogens is 3. The summed E-state index contributed by atoms with van der Waals surface area (Å²) in [6.07, 6.45) is 0. The van der Waals surface area contributed by atoms with Gasteiger partial charge in [0, 0.05) is 60.1 Å². The normalized spacial score (nSPS) is 12.0. The maximum absolute atomic E-state index is 6.82. The van der Waals surface area contributed by atoms with E-state index in [-0.39, 0.29) is 0 Å². The molecule has 8 aromatic carbocycles. The molecule has 0 aliphatic rings. The molecule has 0 saturated carbocycles. The molecule has 0 N–H and O–H groups in total. The van der Waals surface area contributed by atoms with E-state index in [2.05, 4.69) is 150 Å². The van der Waals surface area contributed by atoms with Gasteiger partial charge in [0.15, 0.2) is 0 Å². The van der Waals surface area contributed by atoms with Crippen LogP contribution < -0.4 is 0 Å². The Kier molecular flexibility index (Phi) is 6.27. The maximum Gasteiger partial charge on any atom is 0.145 e. The number of hydrogen-bond acceptors (Lipinski definition) is 4. The van der Waals surface area contributed by atoms with Gasteiger partial charge in [0.1, 0.15) is 28.2 Å². The molecule has 256 valence electrons. The van der Waals surface area contributed by atoms with Crippen molar-refractivity contribution in [2.45, 2.75) is 0 Å². The molecule has 0 fully saturated rings. The third-order valence-corrected chi connectivity index (χ3v) is 11.0. The lowest BCUT2D eigenvalue weighted by molar-refractivity contribution is 0.669. The van der Waals surface area contributed by atoms with Crippen molar-refractivity contribution in [1.29, 1.82) is 0 Å². The Labute approximate surface area is 314 Å². The van der Waals surface area contributed by atoms with Crippen molar-refractivity contribution in [1.82, 2.24) is 14.5 Å². The molecule has 0 saturated heterocycles. The highest BCUT2D eigenvalue weighted by molar-refractivity contribution is 6.30. The van der Waals surface area contributed by atoms with Crippen LogP contribution >= 0.6 is 0 Å². The van der Waals surface area contributed by atoms with Crippen LogP contribution in [-0.2, 0) is 0 Å². The Balaban J connectivity index is 1.13. The van der Waals surface area contributed by atoms with Crippen LogP contribution in [0, 0.1) is 0 Å². The number of rotatable bonds is 4. The Bertz CT molecular complexity index is 3480. The third kappa shape index (κ3) is 4.47. The number of nitrogens with zero attached hydrogens (tertiary/aromatic N) is 3. The second-order valence-electron chi connectivity index (χ2n) is 14.1. The van der Waals surface area contributed by atoms with Gasteiger partial charge in [-0.3, -0.25) is 4.57 Å². The summed E-state index contributed by atoms with van der Waals surface area (Å²) in [4.78, 5) is 10.5. The van der Waals surface area contributed by atoms with Crippen LogP contribution in [0.2, 0.25) is 0 Å². The summed E-state index contributed by atoms with van der Waals surface area (Å²) in [5.41, 5.74) is 12.5. The quantitative estimate of drug-likeness (QED) is 0.171. The van der Waals surface area contributed by atoms with Crippen LogP contribution in [0.25, 0.3) is 116 Å². The Morgan fingerprint density at radius 2 is 1.04 bits per heavy atom. The van der Waals surface area contributed by atoms with Gasteiger partial charge in [-0.2, -0.15) is 0 Å². The van der Waals surface area contributed by atoms with E-state index in [1.165, 1.54) is 0 Å². The number of imidazole rings is 1. The van der Waals surface area contributed by atoms with Crippen LogP contribution in [0.15, 0.2) is 185 Å². The zero-order chi connectivity index (χ0) is 36.0. The number of fused-ring (bicyclic) bond motifs is 11. The maximum atomic E-state index is 6.82. The van der Waals surface area contributed by atoms with E-state index in [0.29, 0.717) is 0 Å². The monoisotopic (exact) mass is 703 g/mol. The second kappa shape index (κ2) is 11.5. The predicted molar refractivity (Wildman–Crippen MR) is 225 cm³/mol. The molecule has 4 heterocycles. The summed E-state index contributed by atoms with van der Waals surface area (Å²) in [7, 11) is 0. The lowest BCUT2D eigenvalue weighted by Crippen LogP contribution is -1.97. The number of pyridine rings is 1. The minimum atomic E-state index is 0.855. The van der Waals surface area contributed by atoms with Crippen molar-refractivity contribution in [2.75, 3.05) is 0 Å². The van der Waals surface area contributed by atoms with E-state index in [0.717, 1.165) is 116 Å². The summed E-state index contributed by atoms with van der Waals surface area (Å²) in [5, 5.41) is 7.63. The van der Waals surface area contributed by atoms with E-state index >= 15 is 0 Å². The van der Waals surface area contributed by atoms with E-state index in [1.54, 1.807) is 0 Å². The van der Waals surface area contributed by atoms with Crippen molar-refractivity contribution >= 4 is 76.6 Å². The van der Waals surface area contributed by atoms with Crippen LogP contribution in [0.1, 0.15) is 0 Å². The number of hydrogen-bond donors (Lipinski definition) is 0. The molecule has 12 aromatic rings. The SMILES string of the molecule is c1ccc(-n2c(-c3ccc(-c4cc5c(-c6ccc7oc8ccccc8c7c6)nc6ccccc6c5c5c4oc4ccccc45)cc3)nc3ccccc32)cc1. The van der Waals surface area contributed by atoms with Gasteiger partial charge < -0.3 is 8.83 Å². The molecule has 0 spiro atoms. The summed E-state index contributed by atoms with van der Waals surface area (Å²) < 4.78 is 15.3. The van der Waals surface area contributed by atoms with Crippen molar-refractivity contribution in [2.24, 2.45) is 0 Å². The first-order valence-electron chi connectivity index (χ1n) is 18.5. The zero-order valence-electron chi connectivity index (χ0n) is 29.4. The Hall–Kier alpha value is -7.50. The summed E-state index contributed by atoms with van der Waals surface area (Å²) in [6, 6.07) is 61.2. The molecule has 0 bridgehead atoms. The summed E-state index contributed by atoms with van der Waals surface area (Å²) in [6.45, 7) is 0. The molecular weight excluding hydrogens is 675 g/mol. The van der Waals surface area contributed by atoms with Crippen molar-refractivity contribution < 1.29 is 8.83 Å². The lowest BCUT2D eigenvalue weighted by atomic mass is 9.91. The van der Waals surface area contributed by atoms with Crippen LogP contribution in [0.4, 0.5) is 0 Å². The highest BCUT2D eigenvalue weighted by atomic mass is 16.3. The fourth-order valence-electron chi connectivity index (χ4n) is 8.49. The van der Waals surface area contributed by atoms with Crippen molar-refractivity contribution in [3.05, 3.63) is 176 Å². The van der Waals surface area contributed by atoms with Gasteiger partial charge in [-0.15, -0.1) is 0 Å². The fourth-order valence-corrected chi connectivity index (χ4v) is 8.49. The smallest absolute Gasteiger partial charge is 0.145 e. The average molecular weight is 704 g/mol. The molecule has 0 radical (unpaired) electrons. The van der Waals surface area contributed by atoms with Gasteiger partial charge in [0.25, 0.3) is 0 Å². The third-order valence-electron chi connectivity index (χ3n) is 11.0. The number of benzene rings is 8. The van der Waals surface area contributed by atoms with Gasteiger partial charge in [-0.05, 0) is 72.3 Å².